The Morgan fingerprint density at radius 2 is 2.40 bits per heavy atom. The normalized spacial score (nSPS) is 10.2. The molecule has 15 heavy (non-hydrogen) atoms. The first-order valence-corrected chi connectivity index (χ1v) is 4.68. The minimum absolute atomic E-state index is 0.158. The summed E-state index contributed by atoms with van der Waals surface area (Å²) in [4.78, 5) is 7.70. The van der Waals surface area contributed by atoms with Crippen LogP contribution in [-0.2, 0) is 6.54 Å². The molecule has 0 amide bonds. The number of nitrogens with one attached hydrogen (secondary N) is 1. The van der Waals surface area contributed by atoms with Crippen molar-refractivity contribution in [2.24, 2.45) is 0 Å². The number of halogens is 1. The number of hydrogen-bond donors (Lipinski definition) is 2. The van der Waals surface area contributed by atoms with Gasteiger partial charge < -0.3 is 15.5 Å². The number of aromatic nitrogens is 2. The molecule has 0 saturated heterocycles. The molecule has 78 valence electrons. The first-order valence-electron chi connectivity index (χ1n) is 4.30. The summed E-state index contributed by atoms with van der Waals surface area (Å²) in [5.74, 6) is 1.30. The number of nitrogens with zero attached hydrogens (tertiary/aromatic N) is 2. The monoisotopic (exact) mass is 224 g/mol. The minimum atomic E-state index is 0.158. The first-order chi connectivity index (χ1) is 7.25. The van der Waals surface area contributed by atoms with Gasteiger partial charge in [0.2, 0.25) is 5.28 Å². The van der Waals surface area contributed by atoms with Crippen LogP contribution in [0.5, 0.6) is 0 Å². The summed E-state index contributed by atoms with van der Waals surface area (Å²) in [6.07, 6.45) is 3.06. The molecule has 0 spiro atoms. The molecule has 0 fully saturated rings. The second kappa shape index (κ2) is 4.18. The fraction of sp³-hybridized carbons (Fsp3) is 0.111. The van der Waals surface area contributed by atoms with Gasteiger partial charge in [0.15, 0.2) is 5.82 Å². The lowest BCUT2D eigenvalue weighted by Crippen LogP contribution is -2.04. The average Bonchev–Trinajstić information content (AvgIpc) is 2.72. The highest BCUT2D eigenvalue weighted by molar-refractivity contribution is 6.28. The van der Waals surface area contributed by atoms with Crippen molar-refractivity contribution in [3.63, 3.8) is 0 Å². The van der Waals surface area contributed by atoms with Gasteiger partial charge in [-0.25, -0.2) is 4.98 Å². The molecule has 0 aliphatic carbocycles. The third-order valence-corrected chi connectivity index (χ3v) is 1.98. The van der Waals surface area contributed by atoms with Crippen molar-refractivity contribution in [3.8, 4) is 0 Å². The zero-order chi connectivity index (χ0) is 10.7. The lowest BCUT2D eigenvalue weighted by molar-refractivity contribution is 0.518. The predicted molar refractivity (Wildman–Crippen MR) is 57.5 cm³/mol. The molecule has 0 aliphatic heterocycles. The summed E-state index contributed by atoms with van der Waals surface area (Å²) in [6, 6.07) is 3.67. The zero-order valence-corrected chi connectivity index (χ0v) is 8.53. The topological polar surface area (TPSA) is 77.0 Å². The number of rotatable bonds is 3. The molecule has 0 saturated carbocycles. The molecule has 0 unspecified atom stereocenters. The molecule has 0 radical (unpaired) electrons. The Balaban J connectivity index is 2.07. The van der Waals surface area contributed by atoms with E-state index in [4.69, 9.17) is 21.8 Å². The van der Waals surface area contributed by atoms with Gasteiger partial charge in [0.25, 0.3) is 0 Å². The molecule has 2 heterocycles. The van der Waals surface area contributed by atoms with Crippen molar-refractivity contribution in [1.29, 1.82) is 0 Å². The van der Waals surface area contributed by atoms with Crippen molar-refractivity contribution in [2.45, 2.75) is 6.54 Å². The largest absolute Gasteiger partial charge is 0.467 e. The standard InChI is InChI=1S/C9H9ClN4O/c10-9-13-5-7(11)8(14-9)12-4-6-2-1-3-15-6/h1-3,5H,4,11H2,(H,12,13,14). The Kier molecular flexibility index (Phi) is 2.73. The molecule has 3 N–H and O–H groups in total. The molecule has 2 aromatic heterocycles. The van der Waals surface area contributed by atoms with E-state index in [-0.39, 0.29) is 5.28 Å². The molecule has 2 rings (SSSR count). The predicted octanol–water partition coefficient (Wildman–Crippen LogP) is 1.92. The Labute approximate surface area is 91.3 Å². The number of hydrogen-bond acceptors (Lipinski definition) is 5. The summed E-state index contributed by atoms with van der Waals surface area (Å²) in [6.45, 7) is 0.505. The highest BCUT2D eigenvalue weighted by atomic mass is 35.5. The van der Waals surface area contributed by atoms with Gasteiger partial charge in [0, 0.05) is 0 Å². The van der Waals surface area contributed by atoms with Gasteiger partial charge in [-0.1, -0.05) is 0 Å². The number of nitrogen functional groups attached to an aromatic ring is 1. The molecular formula is C9H9ClN4O. The van der Waals surface area contributed by atoms with E-state index in [1.54, 1.807) is 6.26 Å². The van der Waals surface area contributed by atoms with Crippen molar-refractivity contribution in [3.05, 3.63) is 35.6 Å². The first kappa shape index (κ1) is 9.79. The summed E-state index contributed by atoms with van der Waals surface area (Å²) >= 11 is 5.64. The van der Waals surface area contributed by atoms with Crippen LogP contribution in [0.2, 0.25) is 5.28 Å². The van der Waals surface area contributed by atoms with Crippen LogP contribution in [0.25, 0.3) is 0 Å². The molecule has 0 bridgehead atoms. The maximum Gasteiger partial charge on any atom is 0.224 e. The zero-order valence-electron chi connectivity index (χ0n) is 7.77. The van der Waals surface area contributed by atoms with E-state index in [0.717, 1.165) is 5.76 Å². The highest BCUT2D eigenvalue weighted by Crippen LogP contribution is 2.16. The van der Waals surface area contributed by atoms with Crippen molar-refractivity contribution in [2.75, 3.05) is 11.1 Å². The Bertz CT molecular complexity index is 443. The van der Waals surface area contributed by atoms with Crippen LogP contribution in [0, 0.1) is 0 Å². The molecule has 5 nitrogen and oxygen atoms in total. The summed E-state index contributed by atoms with van der Waals surface area (Å²) < 4.78 is 5.15. The van der Waals surface area contributed by atoms with Crippen molar-refractivity contribution in [1.82, 2.24) is 9.97 Å². The van der Waals surface area contributed by atoms with Crippen LogP contribution < -0.4 is 11.1 Å². The van der Waals surface area contributed by atoms with Crippen LogP contribution in [0.3, 0.4) is 0 Å². The third kappa shape index (κ3) is 2.38. The molecular weight excluding hydrogens is 216 g/mol. The minimum Gasteiger partial charge on any atom is -0.467 e. The van der Waals surface area contributed by atoms with E-state index >= 15 is 0 Å². The van der Waals surface area contributed by atoms with E-state index in [0.29, 0.717) is 18.1 Å². The maximum absolute atomic E-state index is 5.65. The van der Waals surface area contributed by atoms with Gasteiger partial charge in [-0.05, 0) is 23.7 Å². The van der Waals surface area contributed by atoms with E-state index in [2.05, 4.69) is 15.3 Å². The SMILES string of the molecule is Nc1cnc(Cl)nc1NCc1ccco1. The van der Waals surface area contributed by atoms with Gasteiger partial charge in [-0.15, -0.1) is 0 Å². The summed E-state index contributed by atoms with van der Waals surface area (Å²) in [7, 11) is 0. The Morgan fingerprint density at radius 3 is 3.13 bits per heavy atom. The lowest BCUT2D eigenvalue weighted by Gasteiger charge is -2.05. The number of nitrogens with two attached hydrogens (primary N) is 1. The van der Waals surface area contributed by atoms with Crippen molar-refractivity contribution < 1.29 is 4.42 Å². The van der Waals surface area contributed by atoms with Crippen LogP contribution in [0.15, 0.2) is 29.0 Å². The number of anilines is 2. The molecule has 6 heteroatoms. The molecule has 0 atom stereocenters. The van der Waals surface area contributed by atoms with Crippen LogP contribution in [0.4, 0.5) is 11.5 Å². The third-order valence-electron chi connectivity index (χ3n) is 1.80. The summed E-state index contributed by atoms with van der Waals surface area (Å²) in [5, 5.41) is 3.16. The molecule has 0 aliphatic rings. The van der Waals surface area contributed by atoms with E-state index < -0.39 is 0 Å². The van der Waals surface area contributed by atoms with Crippen LogP contribution in [-0.4, -0.2) is 9.97 Å². The fourth-order valence-corrected chi connectivity index (χ4v) is 1.23. The summed E-state index contributed by atoms with van der Waals surface area (Å²) in [5.41, 5.74) is 6.10. The second-order valence-electron chi connectivity index (χ2n) is 2.88. The van der Waals surface area contributed by atoms with Gasteiger partial charge in [0.1, 0.15) is 5.76 Å². The van der Waals surface area contributed by atoms with Gasteiger partial charge in [-0.2, -0.15) is 4.98 Å². The quantitative estimate of drug-likeness (QED) is 0.779. The highest BCUT2D eigenvalue weighted by Gasteiger charge is 2.03. The van der Waals surface area contributed by atoms with E-state index in [1.807, 2.05) is 12.1 Å². The van der Waals surface area contributed by atoms with Crippen LogP contribution in [0.1, 0.15) is 5.76 Å². The van der Waals surface area contributed by atoms with E-state index in [1.165, 1.54) is 6.20 Å². The van der Waals surface area contributed by atoms with Gasteiger partial charge in [-0.3, -0.25) is 0 Å². The van der Waals surface area contributed by atoms with Crippen molar-refractivity contribution >= 4 is 23.1 Å². The van der Waals surface area contributed by atoms with E-state index in [9.17, 15) is 0 Å². The maximum atomic E-state index is 5.65. The Morgan fingerprint density at radius 1 is 1.53 bits per heavy atom. The van der Waals surface area contributed by atoms with Gasteiger partial charge in [0.05, 0.1) is 24.7 Å². The number of furan rings is 1. The molecule has 2 aromatic rings. The van der Waals surface area contributed by atoms with Gasteiger partial charge >= 0.3 is 0 Å². The van der Waals surface area contributed by atoms with Crippen LogP contribution >= 0.6 is 11.6 Å². The lowest BCUT2D eigenvalue weighted by atomic mass is 10.4. The second-order valence-corrected chi connectivity index (χ2v) is 3.21. The average molecular weight is 225 g/mol. The smallest absolute Gasteiger partial charge is 0.224 e. The Hall–Kier alpha value is -1.75. The molecule has 0 aromatic carbocycles. The fourth-order valence-electron chi connectivity index (χ4n) is 1.10.